The van der Waals surface area contributed by atoms with Gasteiger partial charge in [-0.05, 0) is 43.1 Å². The summed E-state index contributed by atoms with van der Waals surface area (Å²) in [4.78, 5) is 60.6. The molecule has 4 amide bonds. The molecule has 2 rings (SSSR count). The molecule has 1 aliphatic rings. The molecule has 6 N–H and O–H groups in total. The molecular formula is C46H82N6O10. The van der Waals surface area contributed by atoms with Crippen molar-refractivity contribution in [3.63, 3.8) is 0 Å². The Morgan fingerprint density at radius 2 is 1.50 bits per heavy atom. The van der Waals surface area contributed by atoms with Gasteiger partial charge in [-0.3, -0.25) is 24.5 Å². The second-order valence-corrected chi connectivity index (χ2v) is 17.6. The highest BCUT2D eigenvalue weighted by Crippen LogP contribution is 2.30. The summed E-state index contributed by atoms with van der Waals surface area (Å²) in [6, 6.07) is 6.25. The van der Waals surface area contributed by atoms with Gasteiger partial charge in [0.2, 0.25) is 23.6 Å². The maximum absolute atomic E-state index is 14.5. The molecule has 1 fully saturated rings. The average Bonchev–Trinajstić information content (AvgIpc) is 3.74. The molecule has 1 aromatic carbocycles. The number of aliphatic hydroxyl groups excluding tert-OH is 2. The lowest BCUT2D eigenvalue weighted by atomic mass is 9.89. The normalized spacial score (nSPS) is 19.2. The summed E-state index contributed by atoms with van der Waals surface area (Å²) in [5, 5.41) is 28.7. The van der Waals surface area contributed by atoms with Gasteiger partial charge in [-0.2, -0.15) is 0 Å². The van der Waals surface area contributed by atoms with Crippen molar-refractivity contribution in [2.75, 3.05) is 67.8 Å². The first kappa shape index (κ1) is 54.9. The van der Waals surface area contributed by atoms with Gasteiger partial charge in [0.1, 0.15) is 6.23 Å². The van der Waals surface area contributed by atoms with Crippen LogP contribution in [-0.4, -0.2) is 165 Å². The zero-order chi connectivity index (χ0) is 46.7. The Hall–Kier alpha value is -3.22. The minimum absolute atomic E-state index is 0.00783. The van der Waals surface area contributed by atoms with E-state index < -0.39 is 54.6 Å². The van der Waals surface area contributed by atoms with Gasteiger partial charge >= 0.3 is 0 Å². The number of carbonyl (C=O) groups excluding carboxylic acids is 4. The van der Waals surface area contributed by atoms with Crippen LogP contribution in [0.25, 0.3) is 0 Å². The van der Waals surface area contributed by atoms with Gasteiger partial charge in [0, 0.05) is 41.4 Å². The number of methoxy groups -OCH3 is 2. The molecule has 1 aromatic rings. The number of hydrogen-bond donors (Lipinski definition) is 5. The quantitative estimate of drug-likeness (QED) is 0.0583. The van der Waals surface area contributed by atoms with Crippen LogP contribution in [0.3, 0.4) is 0 Å². The van der Waals surface area contributed by atoms with E-state index in [1.165, 1.54) is 4.90 Å². The Morgan fingerprint density at radius 1 is 0.871 bits per heavy atom. The molecular weight excluding hydrogens is 797 g/mol. The number of rotatable bonds is 29. The second-order valence-electron chi connectivity index (χ2n) is 17.6. The molecule has 0 aromatic heterocycles. The van der Waals surface area contributed by atoms with E-state index in [1.807, 2.05) is 71.9 Å². The number of benzene rings is 1. The molecule has 356 valence electrons. The van der Waals surface area contributed by atoms with E-state index in [-0.39, 0.29) is 66.9 Å². The number of likely N-dealkylation sites (N-methyl/N-ethyl adjacent to an activating group) is 2. The third-order valence-corrected chi connectivity index (χ3v) is 12.5. The van der Waals surface area contributed by atoms with Crippen LogP contribution in [0.5, 0.6) is 0 Å². The fraction of sp³-hybridized carbons (Fsp3) is 0.783. The van der Waals surface area contributed by atoms with Gasteiger partial charge in [-0.15, -0.1) is 0 Å². The molecule has 0 aliphatic carbocycles. The average molecular weight is 879 g/mol. The topological polar surface area (TPSA) is 205 Å². The van der Waals surface area contributed by atoms with Crippen molar-refractivity contribution in [2.45, 2.75) is 142 Å². The molecule has 1 heterocycles. The Labute approximate surface area is 371 Å². The van der Waals surface area contributed by atoms with Gasteiger partial charge in [-0.1, -0.05) is 85.2 Å². The first-order chi connectivity index (χ1) is 29.4. The number of aliphatic hydroxyl groups is 2. The van der Waals surface area contributed by atoms with E-state index in [4.69, 9.17) is 24.7 Å². The van der Waals surface area contributed by atoms with Crippen molar-refractivity contribution in [3.8, 4) is 0 Å². The van der Waals surface area contributed by atoms with Crippen molar-refractivity contribution in [1.82, 2.24) is 25.3 Å². The second kappa shape index (κ2) is 27.9. The zero-order valence-electron chi connectivity index (χ0n) is 39.7. The van der Waals surface area contributed by atoms with Crippen molar-refractivity contribution >= 4 is 23.6 Å². The molecule has 0 radical (unpaired) electrons. The number of nitrogens with one attached hydrogen (secondary N) is 2. The third-order valence-electron chi connectivity index (χ3n) is 12.5. The van der Waals surface area contributed by atoms with Gasteiger partial charge in [0.15, 0.2) is 0 Å². The number of nitrogens with zero attached hydrogens (tertiary/aromatic N) is 3. The fourth-order valence-electron chi connectivity index (χ4n) is 8.66. The monoisotopic (exact) mass is 879 g/mol. The van der Waals surface area contributed by atoms with E-state index >= 15 is 0 Å². The molecule has 16 nitrogen and oxygen atoms in total. The van der Waals surface area contributed by atoms with Crippen LogP contribution in [0.15, 0.2) is 30.3 Å². The van der Waals surface area contributed by atoms with Crippen LogP contribution in [0, 0.1) is 23.7 Å². The summed E-state index contributed by atoms with van der Waals surface area (Å²) in [6.07, 6.45) is -1.21. The van der Waals surface area contributed by atoms with Crippen LogP contribution in [0.2, 0.25) is 0 Å². The zero-order valence-corrected chi connectivity index (χ0v) is 39.7. The van der Waals surface area contributed by atoms with E-state index in [1.54, 1.807) is 52.0 Å². The molecule has 11 atom stereocenters. The predicted octanol–water partition coefficient (Wildman–Crippen LogP) is 2.94. The Morgan fingerprint density at radius 3 is 2.05 bits per heavy atom. The number of nitrogens with two attached hydrogens (primary N) is 1. The minimum Gasteiger partial charge on any atom is -0.386 e. The lowest BCUT2D eigenvalue weighted by Crippen LogP contribution is -2.61. The molecule has 0 bridgehead atoms. The van der Waals surface area contributed by atoms with Gasteiger partial charge in [0.25, 0.3) is 0 Å². The maximum atomic E-state index is 14.5. The molecule has 1 saturated heterocycles. The van der Waals surface area contributed by atoms with Crippen molar-refractivity contribution in [3.05, 3.63) is 35.9 Å². The molecule has 62 heavy (non-hydrogen) atoms. The molecule has 0 saturated carbocycles. The summed E-state index contributed by atoms with van der Waals surface area (Å²) in [5.74, 6) is -2.03. The summed E-state index contributed by atoms with van der Waals surface area (Å²) < 4.78 is 22.9. The number of ether oxygens (including phenoxy) is 4. The Kier molecular flexibility index (Phi) is 24.7. The lowest BCUT2D eigenvalue weighted by molar-refractivity contribution is -0.148. The molecule has 16 heteroatoms. The SMILES string of the molecule is CC[C@H](C)[C@@H](C(CC(=O)N1CCC[C@H]1C(OC)[C@@H](C)C(=O)N[C@H](C)[C@@H](O)c1ccccc1)OC)N(C)C(=O)[C@@H](NC(O)[C@H](C(C)C)N(C)C(=O)CCOCCOCCN)C(C)C. The highest BCUT2D eigenvalue weighted by atomic mass is 16.5. The van der Waals surface area contributed by atoms with Crippen LogP contribution in [0.4, 0.5) is 0 Å². The largest absolute Gasteiger partial charge is 0.386 e. The summed E-state index contributed by atoms with van der Waals surface area (Å²) in [7, 11) is 6.45. The molecule has 1 aliphatic heterocycles. The van der Waals surface area contributed by atoms with Crippen LogP contribution >= 0.6 is 0 Å². The van der Waals surface area contributed by atoms with Gasteiger partial charge in [0.05, 0.1) is 93.7 Å². The van der Waals surface area contributed by atoms with Crippen molar-refractivity contribution < 1.29 is 48.3 Å². The maximum Gasteiger partial charge on any atom is 0.240 e. The number of amides is 4. The fourth-order valence-corrected chi connectivity index (χ4v) is 8.66. The number of hydrogen-bond acceptors (Lipinski definition) is 12. The van der Waals surface area contributed by atoms with E-state index in [0.29, 0.717) is 51.3 Å². The van der Waals surface area contributed by atoms with Crippen LogP contribution < -0.4 is 16.4 Å². The smallest absolute Gasteiger partial charge is 0.240 e. The first-order valence-electron chi connectivity index (χ1n) is 22.6. The number of likely N-dealkylation sites (tertiary alicyclic amines) is 1. The van der Waals surface area contributed by atoms with Gasteiger partial charge in [-0.25, -0.2) is 0 Å². The summed E-state index contributed by atoms with van der Waals surface area (Å²) in [5.41, 5.74) is 6.14. The lowest BCUT2D eigenvalue weighted by Gasteiger charge is -2.42. The minimum atomic E-state index is -1.23. The Balaban J connectivity index is 2.21. The summed E-state index contributed by atoms with van der Waals surface area (Å²) in [6.45, 7) is 17.5. The standard InChI is InChI=1S/C46H82N6O10/c1-13-31(6)41(51(10)46(58)39(29(2)3)49-45(57)40(30(4)5)50(9)37(53)21-24-61-26-27-62-25-22-47)36(59-11)28-38(54)52-23-17-20-35(52)43(60-12)32(7)44(56)48-33(8)42(55)34-18-15-14-16-19-34/h14-16,18-19,29-33,35-36,39-43,45,49,55,57H,13,17,20-28,47H2,1-12H3,(H,48,56)/t31-,32+,33+,35-,36?,39-,40-,41-,42+,43?,45?/m0/s1. The van der Waals surface area contributed by atoms with Crippen LogP contribution in [0.1, 0.15) is 99.2 Å². The van der Waals surface area contributed by atoms with E-state index in [0.717, 1.165) is 6.42 Å². The van der Waals surface area contributed by atoms with Crippen molar-refractivity contribution in [1.29, 1.82) is 0 Å². The highest BCUT2D eigenvalue weighted by molar-refractivity contribution is 5.83. The van der Waals surface area contributed by atoms with Crippen LogP contribution in [-0.2, 0) is 38.1 Å². The van der Waals surface area contributed by atoms with Crippen molar-refractivity contribution in [2.24, 2.45) is 29.4 Å². The highest BCUT2D eigenvalue weighted by Gasteiger charge is 2.43. The summed E-state index contributed by atoms with van der Waals surface area (Å²) >= 11 is 0. The Bertz CT molecular complexity index is 1470. The van der Waals surface area contributed by atoms with E-state index in [9.17, 15) is 29.4 Å². The molecule has 3 unspecified atom stereocenters. The first-order valence-corrected chi connectivity index (χ1v) is 22.6. The molecule has 0 spiro atoms. The van der Waals surface area contributed by atoms with E-state index in [2.05, 4.69) is 10.6 Å². The third kappa shape index (κ3) is 15.8. The number of carbonyl (C=O) groups is 4. The predicted molar refractivity (Wildman–Crippen MR) is 240 cm³/mol. The van der Waals surface area contributed by atoms with Gasteiger partial charge < -0.3 is 54.9 Å².